The van der Waals surface area contributed by atoms with Crippen molar-refractivity contribution in [2.75, 3.05) is 36.0 Å². The van der Waals surface area contributed by atoms with Crippen LogP contribution in [0, 0.1) is 6.92 Å². The second-order valence-corrected chi connectivity index (χ2v) is 8.22. The van der Waals surface area contributed by atoms with Gasteiger partial charge in [0.15, 0.2) is 5.82 Å². The van der Waals surface area contributed by atoms with Gasteiger partial charge in [-0.25, -0.2) is 9.97 Å². The first-order valence-electron chi connectivity index (χ1n) is 10.9. The molecule has 0 amide bonds. The molecule has 3 aromatic carbocycles. The number of para-hydroxylation sites is 1. The van der Waals surface area contributed by atoms with E-state index >= 15 is 0 Å². The van der Waals surface area contributed by atoms with Gasteiger partial charge in [0.25, 0.3) is 0 Å². The van der Waals surface area contributed by atoms with Gasteiger partial charge in [0, 0.05) is 37.4 Å². The summed E-state index contributed by atoms with van der Waals surface area (Å²) in [6, 6.07) is 21.4. The van der Waals surface area contributed by atoms with E-state index in [1.54, 1.807) is 12.1 Å². The molecule has 1 aromatic heterocycles. The van der Waals surface area contributed by atoms with Crippen LogP contribution in [0.15, 0.2) is 72.8 Å². The lowest BCUT2D eigenvalue weighted by molar-refractivity contribution is -0.137. The molecule has 4 aromatic rings. The maximum absolute atomic E-state index is 12.9. The Bertz CT molecular complexity index is 1260. The van der Waals surface area contributed by atoms with Crippen LogP contribution < -0.4 is 9.80 Å². The van der Waals surface area contributed by atoms with Crippen molar-refractivity contribution in [1.29, 1.82) is 0 Å². The van der Waals surface area contributed by atoms with E-state index in [-0.39, 0.29) is 0 Å². The minimum atomic E-state index is -4.32. The molecule has 2 heterocycles. The number of hydrogen-bond donors (Lipinski definition) is 0. The minimum absolute atomic E-state index is 0.626. The lowest BCUT2D eigenvalue weighted by atomic mass is 10.1. The first-order chi connectivity index (χ1) is 15.9. The van der Waals surface area contributed by atoms with Crippen LogP contribution in [0.3, 0.4) is 0 Å². The highest BCUT2D eigenvalue weighted by atomic mass is 19.4. The fraction of sp³-hybridized carbons (Fsp3) is 0.231. The third kappa shape index (κ3) is 4.23. The number of aryl methyl sites for hydroxylation is 1. The molecule has 1 saturated heterocycles. The van der Waals surface area contributed by atoms with Crippen LogP contribution in [-0.4, -0.2) is 36.1 Å². The molecule has 0 bridgehead atoms. The van der Waals surface area contributed by atoms with Crippen molar-refractivity contribution in [3.8, 4) is 11.3 Å². The van der Waals surface area contributed by atoms with Crippen LogP contribution in [0.1, 0.15) is 11.1 Å². The van der Waals surface area contributed by atoms with Crippen molar-refractivity contribution in [2.45, 2.75) is 13.1 Å². The first kappa shape index (κ1) is 21.2. The SMILES string of the molecule is Cc1cccc2nc(-c3ccccc3)c(N3CCN(c4ccc(C(F)(F)F)cc4)CC3)nc12. The van der Waals surface area contributed by atoms with Crippen LogP contribution in [0.25, 0.3) is 22.3 Å². The standard InChI is InChI=1S/C26H23F3N4/c1-18-6-5-9-22-23(18)31-25(24(30-22)19-7-3-2-4-8-19)33-16-14-32(15-17-33)21-12-10-20(11-13-21)26(27,28)29/h2-13H,14-17H2,1H3. The lowest BCUT2D eigenvalue weighted by Gasteiger charge is -2.37. The summed E-state index contributed by atoms with van der Waals surface area (Å²) in [7, 11) is 0. The number of anilines is 2. The summed E-state index contributed by atoms with van der Waals surface area (Å²) in [4.78, 5) is 14.3. The molecule has 5 rings (SSSR count). The van der Waals surface area contributed by atoms with E-state index in [4.69, 9.17) is 9.97 Å². The zero-order valence-corrected chi connectivity index (χ0v) is 18.2. The zero-order valence-electron chi connectivity index (χ0n) is 18.2. The van der Waals surface area contributed by atoms with Crippen LogP contribution in [0.4, 0.5) is 24.7 Å². The van der Waals surface area contributed by atoms with Crippen molar-refractivity contribution in [3.63, 3.8) is 0 Å². The summed E-state index contributed by atoms with van der Waals surface area (Å²) >= 11 is 0. The second-order valence-electron chi connectivity index (χ2n) is 8.22. The highest BCUT2D eigenvalue weighted by molar-refractivity contribution is 5.85. The molecule has 0 atom stereocenters. The molecule has 0 unspecified atom stereocenters. The summed E-state index contributed by atoms with van der Waals surface area (Å²) < 4.78 is 38.7. The van der Waals surface area contributed by atoms with Gasteiger partial charge in [-0.2, -0.15) is 13.2 Å². The molecule has 1 aliphatic rings. The first-order valence-corrected chi connectivity index (χ1v) is 10.9. The topological polar surface area (TPSA) is 32.3 Å². The Morgan fingerprint density at radius 3 is 2.06 bits per heavy atom. The summed E-state index contributed by atoms with van der Waals surface area (Å²) in [6.07, 6.45) is -4.32. The Labute approximate surface area is 190 Å². The number of rotatable bonds is 3. The predicted molar refractivity (Wildman–Crippen MR) is 126 cm³/mol. The van der Waals surface area contributed by atoms with E-state index in [0.717, 1.165) is 51.5 Å². The van der Waals surface area contributed by atoms with E-state index in [1.165, 1.54) is 0 Å². The highest BCUT2D eigenvalue weighted by Crippen LogP contribution is 2.33. The van der Waals surface area contributed by atoms with Crippen LogP contribution in [0.5, 0.6) is 0 Å². The van der Waals surface area contributed by atoms with Gasteiger partial charge in [-0.05, 0) is 42.8 Å². The van der Waals surface area contributed by atoms with Crippen LogP contribution >= 0.6 is 0 Å². The Kier molecular flexibility index (Phi) is 5.40. The van der Waals surface area contributed by atoms with Gasteiger partial charge in [0.2, 0.25) is 0 Å². The molecule has 33 heavy (non-hydrogen) atoms. The fourth-order valence-electron chi connectivity index (χ4n) is 4.26. The molecule has 0 aliphatic carbocycles. The number of piperazine rings is 1. The van der Waals surface area contributed by atoms with E-state index in [1.807, 2.05) is 55.5 Å². The van der Waals surface area contributed by atoms with Crippen molar-refractivity contribution in [2.24, 2.45) is 0 Å². The van der Waals surface area contributed by atoms with Crippen molar-refractivity contribution < 1.29 is 13.2 Å². The monoisotopic (exact) mass is 448 g/mol. The highest BCUT2D eigenvalue weighted by Gasteiger charge is 2.30. The number of hydrogen-bond acceptors (Lipinski definition) is 4. The molecular formula is C26H23F3N4. The maximum Gasteiger partial charge on any atom is 0.416 e. The van der Waals surface area contributed by atoms with Crippen molar-refractivity contribution >= 4 is 22.5 Å². The number of fused-ring (bicyclic) bond motifs is 1. The lowest BCUT2D eigenvalue weighted by Crippen LogP contribution is -2.47. The Balaban J connectivity index is 1.44. The fourth-order valence-corrected chi connectivity index (χ4v) is 4.26. The quantitative estimate of drug-likeness (QED) is 0.388. The molecule has 1 aliphatic heterocycles. The molecule has 0 spiro atoms. The van der Waals surface area contributed by atoms with Crippen LogP contribution in [-0.2, 0) is 6.18 Å². The largest absolute Gasteiger partial charge is 0.416 e. The molecule has 0 radical (unpaired) electrons. The number of halogens is 3. The second kappa shape index (κ2) is 8.39. The summed E-state index contributed by atoms with van der Waals surface area (Å²) in [6.45, 7) is 4.81. The number of aromatic nitrogens is 2. The average molecular weight is 448 g/mol. The molecule has 0 saturated carbocycles. The third-order valence-corrected chi connectivity index (χ3v) is 6.06. The molecule has 0 N–H and O–H groups in total. The number of nitrogens with zero attached hydrogens (tertiary/aromatic N) is 4. The molecule has 4 nitrogen and oxygen atoms in total. The van der Waals surface area contributed by atoms with Gasteiger partial charge in [0.05, 0.1) is 16.6 Å². The Morgan fingerprint density at radius 2 is 1.39 bits per heavy atom. The van der Waals surface area contributed by atoms with E-state index in [9.17, 15) is 13.2 Å². The third-order valence-electron chi connectivity index (χ3n) is 6.06. The van der Waals surface area contributed by atoms with E-state index in [0.29, 0.717) is 26.2 Å². The van der Waals surface area contributed by atoms with Crippen molar-refractivity contribution in [1.82, 2.24) is 9.97 Å². The van der Waals surface area contributed by atoms with Gasteiger partial charge < -0.3 is 9.80 Å². The molecular weight excluding hydrogens is 425 g/mol. The summed E-state index contributed by atoms with van der Waals surface area (Å²) in [5.74, 6) is 0.843. The minimum Gasteiger partial charge on any atom is -0.368 e. The summed E-state index contributed by atoms with van der Waals surface area (Å²) in [5.41, 5.74) is 4.85. The molecule has 168 valence electrons. The van der Waals surface area contributed by atoms with Gasteiger partial charge in [0.1, 0.15) is 5.69 Å². The predicted octanol–water partition coefficient (Wildman–Crippen LogP) is 5.95. The zero-order chi connectivity index (χ0) is 23.0. The number of alkyl halides is 3. The normalized spacial score (nSPS) is 14.7. The smallest absolute Gasteiger partial charge is 0.368 e. The van der Waals surface area contributed by atoms with E-state index in [2.05, 4.69) is 9.80 Å². The van der Waals surface area contributed by atoms with Gasteiger partial charge in [-0.3, -0.25) is 0 Å². The molecule has 1 fully saturated rings. The molecule has 7 heteroatoms. The average Bonchev–Trinajstić information content (AvgIpc) is 2.84. The Morgan fingerprint density at radius 1 is 0.727 bits per heavy atom. The van der Waals surface area contributed by atoms with Gasteiger partial charge in [-0.1, -0.05) is 42.5 Å². The maximum atomic E-state index is 12.9. The van der Waals surface area contributed by atoms with E-state index < -0.39 is 11.7 Å². The van der Waals surface area contributed by atoms with Gasteiger partial charge >= 0.3 is 6.18 Å². The van der Waals surface area contributed by atoms with Gasteiger partial charge in [-0.15, -0.1) is 0 Å². The van der Waals surface area contributed by atoms with Crippen LogP contribution in [0.2, 0.25) is 0 Å². The Hall–Kier alpha value is -3.61. The van der Waals surface area contributed by atoms with Crippen molar-refractivity contribution in [3.05, 3.63) is 83.9 Å². The summed E-state index contributed by atoms with van der Waals surface area (Å²) in [5, 5.41) is 0. The number of benzene rings is 3.